The van der Waals surface area contributed by atoms with Gasteiger partial charge in [-0.25, -0.2) is 9.18 Å². The van der Waals surface area contributed by atoms with Crippen molar-refractivity contribution in [2.75, 3.05) is 20.2 Å². The molecule has 1 aliphatic rings. The van der Waals surface area contributed by atoms with Crippen LogP contribution in [0.15, 0.2) is 83.7 Å². The Morgan fingerprint density at radius 2 is 1.72 bits per heavy atom. The van der Waals surface area contributed by atoms with E-state index in [0.29, 0.717) is 54.3 Å². The van der Waals surface area contributed by atoms with Crippen LogP contribution in [0.3, 0.4) is 0 Å². The van der Waals surface area contributed by atoms with E-state index in [9.17, 15) is 9.59 Å². The molecule has 0 radical (unpaired) electrons. The number of benzene rings is 3. The maximum absolute atomic E-state index is 15.0. The van der Waals surface area contributed by atoms with Gasteiger partial charge in [-0.3, -0.25) is 9.36 Å². The van der Waals surface area contributed by atoms with Gasteiger partial charge in [-0.15, -0.1) is 0 Å². The number of carbonyl (C=O) groups excluding carboxylic acids is 1. The number of amides is 1. The van der Waals surface area contributed by atoms with Crippen molar-refractivity contribution in [1.29, 1.82) is 0 Å². The fourth-order valence-corrected chi connectivity index (χ4v) is 5.70. The molecular weight excluding hydrogens is 495 g/mol. The predicted octanol–water partition coefficient (Wildman–Crippen LogP) is 5.72. The molecule has 0 unspecified atom stereocenters. The van der Waals surface area contributed by atoms with Gasteiger partial charge in [0.2, 0.25) is 0 Å². The van der Waals surface area contributed by atoms with Gasteiger partial charge in [-0.05, 0) is 62.2 Å². The first-order valence-electron chi connectivity index (χ1n) is 13.1. The lowest BCUT2D eigenvalue weighted by atomic mass is 10.0. The SMILES string of the molecule is COc1cccc(-c2cc(C(=O)N3CCC(n4c(=O)[nH]c5ccccc54)CC3)c(C)n2-c2ccccc2F)c1. The van der Waals surface area contributed by atoms with E-state index in [1.54, 1.807) is 29.9 Å². The molecule has 39 heavy (non-hydrogen) atoms. The summed E-state index contributed by atoms with van der Waals surface area (Å²) in [6.45, 7) is 2.89. The van der Waals surface area contributed by atoms with Crippen LogP contribution in [0.4, 0.5) is 4.39 Å². The number of aromatic amines is 1. The minimum absolute atomic E-state index is 0.00848. The monoisotopic (exact) mass is 524 g/mol. The van der Waals surface area contributed by atoms with E-state index in [0.717, 1.165) is 16.6 Å². The molecule has 7 nitrogen and oxygen atoms in total. The summed E-state index contributed by atoms with van der Waals surface area (Å²) in [5, 5.41) is 0. The van der Waals surface area contributed by atoms with Crippen LogP contribution in [0.5, 0.6) is 5.75 Å². The van der Waals surface area contributed by atoms with Gasteiger partial charge in [0.15, 0.2) is 0 Å². The summed E-state index contributed by atoms with van der Waals surface area (Å²) >= 11 is 0. The standard InChI is InChI=1S/C31H29FN4O3/c1-20-24(19-29(21-8-7-9-23(18-21)39-2)35(20)27-12-5-3-10-25(27)32)30(37)34-16-14-22(15-17-34)36-28-13-6-4-11-26(28)33-31(36)38/h3-13,18-19,22H,14-17H2,1-2H3,(H,33,38). The number of hydrogen-bond donors (Lipinski definition) is 1. The number of H-pyrrole nitrogens is 1. The van der Waals surface area contributed by atoms with Crippen molar-refractivity contribution in [3.05, 3.63) is 106 Å². The third-order valence-corrected chi connectivity index (χ3v) is 7.68. The zero-order valence-corrected chi connectivity index (χ0v) is 21.9. The Bertz CT molecular complexity index is 1740. The number of nitrogens with zero attached hydrogens (tertiary/aromatic N) is 3. The Morgan fingerprint density at radius 1 is 0.974 bits per heavy atom. The normalized spacial score (nSPS) is 14.2. The Balaban J connectivity index is 1.33. The highest BCUT2D eigenvalue weighted by molar-refractivity contribution is 5.97. The predicted molar refractivity (Wildman–Crippen MR) is 149 cm³/mol. The number of para-hydroxylation sites is 3. The Kier molecular flexibility index (Phi) is 6.30. The first-order chi connectivity index (χ1) is 19.0. The number of ether oxygens (including phenoxy) is 1. The fourth-order valence-electron chi connectivity index (χ4n) is 5.70. The van der Waals surface area contributed by atoms with Crippen LogP contribution in [0, 0.1) is 12.7 Å². The van der Waals surface area contributed by atoms with Crippen molar-refractivity contribution < 1.29 is 13.9 Å². The van der Waals surface area contributed by atoms with Crippen LogP contribution in [-0.2, 0) is 0 Å². The minimum atomic E-state index is -0.371. The van der Waals surface area contributed by atoms with Crippen LogP contribution in [-0.4, -0.2) is 45.1 Å². The van der Waals surface area contributed by atoms with E-state index in [1.807, 2.05) is 71.0 Å². The molecule has 1 N–H and O–H groups in total. The largest absolute Gasteiger partial charge is 0.497 e. The summed E-state index contributed by atoms with van der Waals surface area (Å²) in [4.78, 5) is 31.3. The summed E-state index contributed by atoms with van der Waals surface area (Å²) in [5.41, 5.74) is 4.67. The summed E-state index contributed by atoms with van der Waals surface area (Å²) in [6.07, 6.45) is 1.34. The zero-order valence-electron chi connectivity index (χ0n) is 21.9. The fraction of sp³-hybridized carbons (Fsp3) is 0.226. The van der Waals surface area contributed by atoms with Gasteiger partial charge < -0.3 is 19.2 Å². The smallest absolute Gasteiger partial charge is 0.326 e. The second-order valence-corrected chi connectivity index (χ2v) is 9.89. The van der Waals surface area contributed by atoms with Gasteiger partial charge in [0.05, 0.1) is 35.1 Å². The van der Waals surface area contributed by atoms with Crippen molar-refractivity contribution >= 4 is 16.9 Å². The lowest BCUT2D eigenvalue weighted by Gasteiger charge is -2.32. The Labute approximate surface area is 225 Å². The average molecular weight is 525 g/mol. The van der Waals surface area contributed by atoms with Crippen molar-refractivity contribution in [3.63, 3.8) is 0 Å². The van der Waals surface area contributed by atoms with Gasteiger partial charge in [-0.1, -0.05) is 36.4 Å². The topological polar surface area (TPSA) is 72.3 Å². The molecule has 6 rings (SSSR count). The van der Waals surface area contributed by atoms with Gasteiger partial charge in [0.25, 0.3) is 5.91 Å². The maximum Gasteiger partial charge on any atom is 0.326 e. The molecule has 2 aromatic heterocycles. The second-order valence-electron chi connectivity index (χ2n) is 9.89. The summed E-state index contributed by atoms with van der Waals surface area (Å²) in [7, 11) is 1.60. The van der Waals surface area contributed by atoms with Gasteiger partial charge in [-0.2, -0.15) is 0 Å². The highest BCUT2D eigenvalue weighted by Gasteiger charge is 2.29. The molecule has 1 fully saturated rings. The number of nitrogens with one attached hydrogen (secondary N) is 1. The number of methoxy groups -OCH3 is 1. The summed E-state index contributed by atoms with van der Waals surface area (Å²) in [5.74, 6) is 0.203. The highest BCUT2D eigenvalue weighted by Crippen LogP contribution is 2.34. The van der Waals surface area contributed by atoms with Crippen molar-refractivity contribution in [2.24, 2.45) is 0 Å². The molecule has 3 heterocycles. The highest BCUT2D eigenvalue weighted by atomic mass is 19.1. The molecule has 198 valence electrons. The second kappa shape index (κ2) is 9.94. The van der Waals surface area contributed by atoms with Crippen molar-refractivity contribution in [3.8, 4) is 22.7 Å². The number of likely N-dealkylation sites (tertiary alicyclic amines) is 1. The number of piperidine rings is 1. The molecular formula is C31H29FN4O3. The van der Waals surface area contributed by atoms with Crippen LogP contribution < -0.4 is 10.4 Å². The van der Waals surface area contributed by atoms with E-state index in [2.05, 4.69) is 4.98 Å². The minimum Gasteiger partial charge on any atom is -0.497 e. The average Bonchev–Trinajstić information content (AvgIpc) is 3.49. The molecule has 8 heteroatoms. The number of rotatable bonds is 5. The van der Waals surface area contributed by atoms with Crippen LogP contribution in [0.25, 0.3) is 28.0 Å². The van der Waals surface area contributed by atoms with E-state index in [4.69, 9.17) is 4.74 Å². The maximum atomic E-state index is 15.0. The zero-order chi connectivity index (χ0) is 27.1. The van der Waals surface area contributed by atoms with Crippen LogP contribution in [0.1, 0.15) is 34.9 Å². The molecule has 0 aliphatic carbocycles. The lowest BCUT2D eigenvalue weighted by Crippen LogP contribution is -2.40. The number of fused-ring (bicyclic) bond motifs is 1. The number of hydrogen-bond acceptors (Lipinski definition) is 3. The molecule has 0 spiro atoms. The van der Waals surface area contributed by atoms with Crippen molar-refractivity contribution in [2.45, 2.75) is 25.8 Å². The van der Waals surface area contributed by atoms with Crippen LogP contribution in [0.2, 0.25) is 0 Å². The molecule has 0 saturated carbocycles. The molecule has 1 saturated heterocycles. The molecule has 5 aromatic rings. The molecule has 0 bridgehead atoms. The van der Waals surface area contributed by atoms with E-state index in [1.165, 1.54) is 6.07 Å². The number of halogens is 1. The third kappa shape index (κ3) is 4.31. The quantitative estimate of drug-likeness (QED) is 0.320. The molecule has 3 aromatic carbocycles. The molecule has 1 amide bonds. The molecule has 0 atom stereocenters. The molecule has 1 aliphatic heterocycles. The van der Waals surface area contributed by atoms with Crippen LogP contribution >= 0.6 is 0 Å². The third-order valence-electron chi connectivity index (χ3n) is 7.68. The van der Waals surface area contributed by atoms with E-state index in [-0.39, 0.29) is 23.5 Å². The summed E-state index contributed by atoms with van der Waals surface area (Å²) in [6, 6.07) is 23.6. The summed E-state index contributed by atoms with van der Waals surface area (Å²) < 4.78 is 24.0. The van der Waals surface area contributed by atoms with Crippen molar-refractivity contribution in [1.82, 2.24) is 19.0 Å². The first kappa shape index (κ1) is 24.7. The van der Waals surface area contributed by atoms with E-state index < -0.39 is 0 Å². The van der Waals surface area contributed by atoms with Gasteiger partial charge in [0, 0.05) is 30.4 Å². The lowest BCUT2D eigenvalue weighted by molar-refractivity contribution is 0.0694. The number of carbonyl (C=O) groups is 1. The van der Waals surface area contributed by atoms with Gasteiger partial charge >= 0.3 is 5.69 Å². The first-order valence-corrected chi connectivity index (χ1v) is 13.1. The van der Waals surface area contributed by atoms with Gasteiger partial charge in [0.1, 0.15) is 11.6 Å². The Hall–Kier alpha value is -4.59. The number of aromatic nitrogens is 3. The van der Waals surface area contributed by atoms with E-state index >= 15 is 4.39 Å². The Morgan fingerprint density at radius 3 is 2.49 bits per heavy atom. The number of imidazole rings is 1.